The van der Waals surface area contributed by atoms with E-state index in [0.717, 1.165) is 138 Å². The zero-order valence-electron chi connectivity index (χ0n) is 75.4. The minimum absolute atomic E-state index is 0.250. The molecule has 12 heterocycles. The number of thiophene rings is 2. The first kappa shape index (κ1) is 91.8. The SMILES string of the molecule is OB(O)c1cc(-c2ccccc2)nc(-c2ccccc2)c1.O[B]Oc1cc(-c2ccccc2)cc(-c2ccc3oc4nc5ccccc5nc4c3c2)n1.O[B]Oc1cc(-c2ccccc2)cc(-c2ncc3oc4ccccc4c3n2)n1.O[B]Oc1cc(-c2ccccc2)nc(-c2ccccc2)n1.O[B]Oc1ccc(-c2cc(-c3cccc4sc5ccccc5c34)cc(-c3ncc4sc5ccccc5c4n3)n2)cc1. The Morgan fingerprint density at radius 1 is 0.252 bits per heavy atom. The maximum atomic E-state index is 9.49. The Labute approximate surface area is 827 Å². The van der Waals surface area contributed by atoms with E-state index in [1.165, 1.54) is 24.9 Å². The van der Waals surface area contributed by atoms with Gasteiger partial charge in [-0.15, -0.1) is 22.7 Å². The summed E-state index contributed by atoms with van der Waals surface area (Å²) in [7, 11) is 1.02. The number of fused-ring (bicyclic) bond motifs is 13. The van der Waals surface area contributed by atoms with E-state index in [-0.39, 0.29) is 5.88 Å². The molecule has 0 aliphatic heterocycles. The van der Waals surface area contributed by atoms with Crippen molar-refractivity contribution >= 4 is 162 Å². The first-order valence-corrected chi connectivity index (χ1v) is 46.6. The van der Waals surface area contributed by atoms with Crippen molar-refractivity contribution in [3.63, 3.8) is 0 Å². The van der Waals surface area contributed by atoms with E-state index < -0.39 is 7.12 Å². The van der Waals surface area contributed by atoms with E-state index in [1.807, 2.05) is 303 Å². The van der Waals surface area contributed by atoms with Crippen molar-refractivity contribution in [2.24, 2.45) is 0 Å². The van der Waals surface area contributed by atoms with Gasteiger partial charge in [0.15, 0.2) is 34.8 Å². The molecular formula is C112H73B5N12O12S2. The van der Waals surface area contributed by atoms with E-state index in [0.29, 0.717) is 111 Å². The zero-order chi connectivity index (χ0) is 96.9. The van der Waals surface area contributed by atoms with Crippen LogP contribution >= 0.6 is 22.7 Å². The van der Waals surface area contributed by atoms with Gasteiger partial charge in [0, 0.05) is 98.8 Å². The number of hydrogen-bond acceptors (Lipinski definition) is 26. The molecule has 12 aromatic heterocycles. The summed E-state index contributed by atoms with van der Waals surface area (Å²) in [6.07, 6.45) is 3.55. The number of benzene rings is 13. The molecule has 25 aromatic rings. The maximum Gasteiger partial charge on any atom is 0.570 e. The molecule has 0 bridgehead atoms. The highest BCUT2D eigenvalue weighted by molar-refractivity contribution is 7.26. The minimum Gasteiger partial charge on any atom is -0.537 e. The summed E-state index contributed by atoms with van der Waals surface area (Å²) in [5.41, 5.74) is 23.4. The van der Waals surface area contributed by atoms with Crippen molar-refractivity contribution in [1.29, 1.82) is 0 Å². The number of aromatic nitrogens is 12. The minimum atomic E-state index is -1.52. The van der Waals surface area contributed by atoms with Gasteiger partial charge < -0.3 is 57.6 Å². The van der Waals surface area contributed by atoms with Gasteiger partial charge in [0.2, 0.25) is 11.6 Å². The molecule has 0 saturated heterocycles. The number of nitrogens with zero attached hydrogens (tertiary/aromatic N) is 12. The van der Waals surface area contributed by atoms with Gasteiger partial charge >= 0.3 is 37.9 Å². The van der Waals surface area contributed by atoms with Gasteiger partial charge in [-0.05, 0) is 160 Å². The molecule has 680 valence electrons. The van der Waals surface area contributed by atoms with Crippen LogP contribution in [0, 0.1) is 0 Å². The first-order chi connectivity index (χ1) is 70.4. The number of hydrogen-bond donors (Lipinski definition) is 6. The summed E-state index contributed by atoms with van der Waals surface area (Å²) in [6.45, 7) is 0. The van der Waals surface area contributed by atoms with Gasteiger partial charge in [-0.2, -0.15) is 4.98 Å². The fraction of sp³-hybridized carbons (Fsp3) is 0. The molecule has 4 radical (unpaired) electrons. The smallest absolute Gasteiger partial charge is 0.537 e. The van der Waals surface area contributed by atoms with E-state index in [4.69, 9.17) is 67.5 Å². The van der Waals surface area contributed by atoms with Crippen LogP contribution in [-0.2, 0) is 0 Å². The molecule has 0 atom stereocenters. The average molecular weight is 1900 g/mol. The highest BCUT2D eigenvalue weighted by Crippen LogP contribution is 2.44. The van der Waals surface area contributed by atoms with Crippen LogP contribution in [0.1, 0.15) is 0 Å². The number of rotatable bonds is 20. The molecule has 6 N–H and O–H groups in total. The van der Waals surface area contributed by atoms with Crippen LogP contribution in [0.3, 0.4) is 0 Å². The van der Waals surface area contributed by atoms with Gasteiger partial charge in [0.05, 0.1) is 55.9 Å². The molecule has 0 amide bonds. The van der Waals surface area contributed by atoms with Gasteiger partial charge in [-0.1, -0.05) is 255 Å². The van der Waals surface area contributed by atoms with Crippen LogP contribution in [0.15, 0.2) is 416 Å². The Balaban J connectivity index is 0.000000108. The first-order valence-electron chi connectivity index (χ1n) is 45.0. The van der Waals surface area contributed by atoms with E-state index in [9.17, 15) is 10.0 Å². The molecule has 0 aliphatic rings. The molecule has 0 aliphatic carbocycles. The van der Waals surface area contributed by atoms with Crippen LogP contribution < -0.4 is 24.1 Å². The molecule has 24 nitrogen and oxygen atoms in total. The summed E-state index contributed by atoms with van der Waals surface area (Å²) < 4.78 is 36.9. The summed E-state index contributed by atoms with van der Waals surface area (Å²) in [4.78, 5) is 55.8. The predicted octanol–water partition coefficient (Wildman–Crippen LogP) is 22.5. The lowest BCUT2D eigenvalue weighted by Crippen LogP contribution is -2.30. The number of pyridine rings is 4. The fourth-order valence-electron chi connectivity index (χ4n) is 16.6. The van der Waals surface area contributed by atoms with Crippen LogP contribution in [0.5, 0.6) is 23.4 Å². The third-order valence-electron chi connectivity index (χ3n) is 23.3. The number of furan rings is 2. The second-order valence-electron chi connectivity index (χ2n) is 32.3. The molecular weight excluding hydrogens is 1820 g/mol. The summed E-state index contributed by atoms with van der Waals surface area (Å²) in [6, 6.07) is 127. The third-order valence-corrected chi connectivity index (χ3v) is 25.5. The van der Waals surface area contributed by atoms with Crippen LogP contribution in [0.2, 0.25) is 0 Å². The largest absolute Gasteiger partial charge is 0.570 e. The predicted molar refractivity (Wildman–Crippen MR) is 568 cm³/mol. The Morgan fingerprint density at radius 2 is 0.692 bits per heavy atom. The molecule has 25 rings (SSSR count). The van der Waals surface area contributed by atoms with E-state index in [2.05, 4.69) is 107 Å². The molecule has 13 aromatic carbocycles. The highest BCUT2D eigenvalue weighted by atomic mass is 32.1. The van der Waals surface area contributed by atoms with Crippen molar-refractivity contribution < 1.29 is 57.6 Å². The van der Waals surface area contributed by atoms with E-state index in [1.54, 1.807) is 59.2 Å². The Hall–Kier alpha value is -17.6. The van der Waals surface area contributed by atoms with Crippen LogP contribution in [0.25, 0.3) is 220 Å². The molecule has 0 spiro atoms. The standard InChI is InChI=1S/C33H19BN3O2S2.C25H15BN3O3.C21H13BN3O3.C17H14BNO2.C16H12BN2O2/c38-34-39-21-14-12-19(13-15-21)25-16-20(22-8-5-11-29-31(22)23-6-1-3-9-27(23)40-29)17-26(36-25)33-35-18-30-32(37-33)24-7-2-4-10-28(24)41-30;30-26-32-23-14-17(15-6-2-1-3-7-15)13-21(27-23)16-10-11-22-18(12-16)24-25(31-22)29-20-9-5-4-8-19(20)28-24;26-22-28-19-11-14(13-6-2-1-3-7-13)10-16(24-19)21-23-12-18-20(25-21)15-8-4-5-9-17(15)27-18;20-18(21)15-11-16(13-7-3-1-4-8-13)19-17(12-15)14-9-5-2-6-10-14;20-17-21-15-11-14(12-7-3-1-4-8-12)18-16(19-15)13-9-5-2-6-10-13/h1-18,38H;1-14,30H;1-12,26H;1-12,20-21H;1-11,20H. The van der Waals surface area contributed by atoms with Crippen LogP contribution in [-0.4, -0.2) is 128 Å². The number of para-hydroxylation sites is 3. The lowest BCUT2D eigenvalue weighted by molar-refractivity contribution is 0.425. The van der Waals surface area contributed by atoms with Gasteiger partial charge in [0.25, 0.3) is 0 Å². The quantitative estimate of drug-likeness (QED) is 0.0386. The van der Waals surface area contributed by atoms with Crippen molar-refractivity contribution in [2.75, 3.05) is 0 Å². The Kier molecular flexibility index (Phi) is 27.2. The van der Waals surface area contributed by atoms with Gasteiger partial charge in [-0.25, -0.2) is 54.8 Å². The second-order valence-corrected chi connectivity index (χ2v) is 34.5. The summed E-state index contributed by atoms with van der Waals surface area (Å²) in [5.74, 6) is 2.96. The Bertz CT molecular complexity index is 8760. The van der Waals surface area contributed by atoms with Crippen molar-refractivity contribution in [3.05, 3.63) is 407 Å². The average Bonchev–Trinajstić information content (AvgIpc) is 1.62. The van der Waals surface area contributed by atoms with Gasteiger partial charge in [0.1, 0.15) is 39.3 Å². The summed E-state index contributed by atoms with van der Waals surface area (Å²) in [5, 5.41) is 60.4. The molecule has 0 unspecified atom stereocenters. The van der Waals surface area contributed by atoms with Crippen LogP contribution in [0.4, 0.5) is 0 Å². The fourth-order valence-corrected chi connectivity index (χ4v) is 18.8. The lowest BCUT2D eigenvalue weighted by atomic mass is 9.79. The Morgan fingerprint density at radius 3 is 1.31 bits per heavy atom. The maximum absolute atomic E-state index is 9.49. The van der Waals surface area contributed by atoms with Crippen molar-refractivity contribution in [2.45, 2.75) is 0 Å². The van der Waals surface area contributed by atoms with Crippen molar-refractivity contribution in [1.82, 2.24) is 59.8 Å². The molecule has 143 heavy (non-hydrogen) atoms. The van der Waals surface area contributed by atoms with E-state index >= 15 is 0 Å². The topological polar surface area (TPSA) is 339 Å². The summed E-state index contributed by atoms with van der Waals surface area (Å²) >= 11 is 3.50. The van der Waals surface area contributed by atoms with Gasteiger partial charge in [-0.3, -0.25) is 0 Å². The molecule has 31 heteroatoms. The van der Waals surface area contributed by atoms with Crippen molar-refractivity contribution in [3.8, 4) is 147 Å². The zero-order valence-corrected chi connectivity index (χ0v) is 77.0. The third kappa shape index (κ3) is 20.5. The monoisotopic (exact) mass is 1900 g/mol. The second kappa shape index (κ2) is 42.4. The highest BCUT2D eigenvalue weighted by Gasteiger charge is 2.23. The molecule has 0 saturated carbocycles. The lowest BCUT2D eigenvalue weighted by Gasteiger charge is -2.11. The molecule has 0 fully saturated rings. The normalized spacial score (nSPS) is 11.0.